The second-order valence-corrected chi connectivity index (χ2v) is 9.73. The molecule has 7 heteroatoms. The Morgan fingerprint density at radius 2 is 1.62 bits per heavy atom. The SMILES string of the molecule is CN(C)c1cccc(C(=O)Nc2ccc(S(=O)(=O)N(C)C3CCCCC3)cc2)c1. The van der Waals surface area contributed by atoms with Gasteiger partial charge < -0.3 is 10.2 Å². The first kappa shape index (κ1) is 21.3. The van der Waals surface area contributed by atoms with Crippen LogP contribution in [0.4, 0.5) is 11.4 Å². The molecule has 0 atom stereocenters. The molecular weight excluding hydrogens is 386 g/mol. The summed E-state index contributed by atoms with van der Waals surface area (Å²) >= 11 is 0. The summed E-state index contributed by atoms with van der Waals surface area (Å²) in [6.07, 6.45) is 5.15. The molecule has 1 amide bonds. The van der Waals surface area contributed by atoms with Crippen molar-refractivity contribution in [3.05, 3.63) is 54.1 Å². The third kappa shape index (κ3) is 4.97. The molecule has 2 aromatic carbocycles. The van der Waals surface area contributed by atoms with Crippen molar-refractivity contribution >= 4 is 27.3 Å². The number of carbonyl (C=O) groups is 1. The zero-order valence-electron chi connectivity index (χ0n) is 17.3. The van der Waals surface area contributed by atoms with Crippen LogP contribution in [-0.4, -0.2) is 45.8 Å². The van der Waals surface area contributed by atoms with Gasteiger partial charge in [-0.2, -0.15) is 4.31 Å². The molecule has 0 saturated heterocycles. The standard InChI is InChI=1S/C22H29N3O3S/c1-24(2)20-11-7-8-17(16-20)22(26)23-18-12-14-21(15-13-18)29(27,28)25(3)19-9-5-4-6-10-19/h7-8,11-16,19H,4-6,9-10H2,1-3H3,(H,23,26). The average Bonchev–Trinajstić information content (AvgIpc) is 2.74. The quantitative estimate of drug-likeness (QED) is 0.775. The van der Waals surface area contributed by atoms with E-state index in [2.05, 4.69) is 5.32 Å². The molecule has 0 spiro atoms. The lowest BCUT2D eigenvalue weighted by molar-refractivity contribution is 0.102. The minimum Gasteiger partial charge on any atom is -0.378 e. The summed E-state index contributed by atoms with van der Waals surface area (Å²) in [6, 6.07) is 13.8. The van der Waals surface area contributed by atoms with Crippen LogP contribution in [0.25, 0.3) is 0 Å². The summed E-state index contributed by atoms with van der Waals surface area (Å²) in [4.78, 5) is 14.7. The molecule has 1 N–H and O–H groups in total. The number of rotatable bonds is 6. The van der Waals surface area contributed by atoms with Gasteiger partial charge in [0.05, 0.1) is 4.90 Å². The van der Waals surface area contributed by atoms with Crippen LogP contribution in [0, 0.1) is 0 Å². The van der Waals surface area contributed by atoms with Crippen LogP contribution < -0.4 is 10.2 Å². The third-order valence-electron chi connectivity index (χ3n) is 5.50. The maximum atomic E-state index is 12.9. The molecule has 1 saturated carbocycles. The smallest absolute Gasteiger partial charge is 0.255 e. The van der Waals surface area contributed by atoms with Gasteiger partial charge in [0.25, 0.3) is 5.91 Å². The molecule has 0 heterocycles. The van der Waals surface area contributed by atoms with Crippen LogP contribution in [0.3, 0.4) is 0 Å². The first-order valence-electron chi connectivity index (χ1n) is 9.96. The van der Waals surface area contributed by atoms with Crippen LogP contribution in [0.15, 0.2) is 53.4 Å². The number of amides is 1. The van der Waals surface area contributed by atoms with Gasteiger partial charge in [-0.15, -0.1) is 0 Å². The maximum absolute atomic E-state index is 12.9. The van der Waals surface area contributed by atoms with Crippen molar-refractivity contribution in [3.63, 3.8) is 0 Å². The third-order valence-corrected chi connectivity index (χ3v) is 7.43. The molecule has 2 aromatic rings. The summed E-state index contributed by atoms with van der Waals surface area (Å²) in [5.74, 6) is -0.233. The monoisotopic (exact) mass is 415 g/mol. The van der Waals surface area contributed by atoms with Gasteiger partial charge in [0.15, 0.2) is 0 Å². The second-order valence-electron chi connectivity index (χ2n) is 7.74. The Balaban J connectivity index is 1.71. The molecule has 29 heavy (non-hydrogen) atoms. The Morgan fingerprint density at radius 3 is 2.24 bits per heavy atom. The fourth-order valence-corrected chi connectivity index (χ4v) is 5.06. The Bertz CT molecular complexity index is 950. The van der Waals surface area contributed by atoms with E-state index in [1.165, 1.54) is 10.7 Å². The number of hydrogen-bond acceptors (Lipinski definition) is 4. The minimum absolute atomic E-state index is 0.0668. The summed E-state index contributed by atoms with van der Waals surface area (Å²) in [7, 11) is 1.96. The molecule has 0 aliphatic heterocycles. The van der Waals surface area contributed by atoms with Crippen LogP contribution in [-0.2, 0) is 10.0 Å². The lowest BCUT2D eigenvalue weighted by atomic mass is 9.96. The van der Waals surface area contributed by atoms with E-state index in [4.69, 9.17) is 0 Å². The molecule has 0 unspecified atom stereocenters. The Morgan fingerprint density at radius 1 is 0.966 bits per heavy atom. The van der Waals surface area contributed by atoms with Crippen LogP contribution >= 0.6 is 0 Å². The number of anilines is 2. The van der Waals surface area contributed by atoms with Gasteiger partial charge in [-0.05, 0) is 55.3 Å². The van der Waals surface area contributed by atoms with E-state index in [0.29, 0.717) is 11.3 Å². The molecule has 1 aliphatic carbocycles. The predicted octanol–water partition coefficient (Wildman–Crippen LogP) is 3.96. The molecule has 1 fully saturated rings. The van der Waals surface area contributed by atoms with E-state index < -0.39 is 10.0 Å². The number of nitrogens with zero attached hydrogens (tertiary/aromatic N) is 2. The van der Waals surface area contributed by atoms with Crippen molar-refractivity contribution in [1.29, 1.82) is 0 Å². The van der Waals surface area contributed by atoms with Gasteiger partial charge in [0.2, 0.25) is 10.0 Å². The molecule has 0 radical (unpaired) electrons. The molecular formula is C22H29N3O3S. The number of nitrogens with one attached hydrogen (secondary N) is 1. The molecule has 3 rings (SSSR count). The van der Waals surface area contributed by atoms with Crippen molar-refractivity contribution in [2.45, 2.75) is 43.0 Å². The predicted molar refractivity (Wildman–Crippen MR) is 117 cm³/mol. The highest BCUT2D eigenvalue weighted by Gasteiger charge is 2.28. The molecule has 0 aromatic heterocycles. The minimum atomic E-state index is -3.54. The van der Waals surface area contributed by atoms with E-state index in [1.54, 1.807) is 37.4 Å². The topological polar surface area (TPSA) is 69.7 Å². The van der Waals surface area contributed by atoms with Gasteiger partial charge in [-0.1, -0.05) is 25.3 Å². The van der Waals surface area contributed by atoms with Gasteiger partial charge in [-0.25, -0.2) is 8.42 Å². The maximum Gasteiger partial charge on any atom is 0.255 e. The molecule has 156 valence electrons. The Kier molecular flexibility index (Phi) is 6.59. The van der Waals surface area contributed by atoms with E-state index >= 15 is 0 Å². The largest absolute Gasteiger partial charge is 0.378 e. The number of carbonyl (C=O) groups excluding carboxylic acids is 1. The zero-order valence-corrected chi connectivity index (χ0v) is 18.1. The fraction of sp³-hybridized carbons (Fsp3) is 0.409. The average molecular weight is 416 g/mol. The summed E-state index contributed by atoms with van der Waals surface area (Å²) in [5.41, 5.74) is 2.04. The lowest BCUT2D eigenvalue weighted by Crippen LogP contribution is -2.38. The molecule has 0 bridgehead atoms. The highest BCUT2D eigenvalue weighted by Crippen LogP contribution is 2.27. The van der Waals surface area contributed by atoms with E-state index in [-0.39, 0.29) is 16.8 Å². The van der Waals surface area contributed by atoms with Gasteiger partial charge in [0.1, 0.15) is 0 Å². The van der Waals surface area contributed by atoms with E-state index in [1.807, 2.05) is 37.2 Å². The highest BCUT2D eigenvalue weighted by atomic mass is 32.2. The van der Waals surface area contributed by atoms with Crippen molar-refractivity contribution < 1.29 is 13.2 Å². The summed E-state index contributed by atoms with van der Waals surface area (Å²) < 4.78 is 27.3. The summed E-state index contributed by atoms with van der Waals surface area (Å²) in [6.45, 7) is 0. The molecule has 1 aliphatic rings. The van der Waals surface area contributed by atoms with Crippen LogP contribution in [0.5, 0.6) is 0 Å². The number of sulfonamides is 1. The van der Waals surface area contributed by atoms with Crippen LogP contribution in [0.1, 0.15) is 42.5 Å². The first-order chi connectivity index (χ1) is 13.8. The van der Waals surface area contributed by atoms with Gasteiger partial charge in [-0.3, -0.25) is 4.79 Å². The summed E-state index contributed by atoms with van der Waals surface area (Å²) in [5, 5.41) is 2.83. The van der Waals surface area contributed by atoms with Crippen molar-refractivity contribution in [2.75, 3.05) is 31.4 Å². The molecule has 6 nitrogen and oxygen atoms in total. The van der Waals surface area contributed by atoms with E-state index in [0.717, 1.165) is 31.4 Å². The van der Waals surface area contributed by atoms with Crippen molar-refractivity contribution in [1.82, 2.24) is 4.31 Å². The lowest BCUT2D eigenvalue weighted by Gasteiger charge is -2.30. The van der Waals surface area contributed by atoms with E-state index in [9.17, 15) is 13.2 Å². The fourth-order valence-electron chi connectivity index (χ4n) is 3.65. The van der Waals surface area contributed by atoms with Crippen molar-refractivity contribution in [2.24, 2.45) is 0 Å². The Labute approximate surface area is 173 Å². The van der Waals surface area contributed by atoms with Gasteiger partial charge in [0, 0.05) is 44.1 Å². The van der Waals surface area contributed by atoms with Crippen molar-refractivity contribution in [3.8, 4) is 0 Å². The highest BCUT2D eigenvalue weighted by molar-refractivity contribution is 7.89. The zero-order chi connectivity index (χ0) is 21.0. The Hall–Kier alpha value is -2.38. The second kappa shape index (κ2) is 8.97. The number of hydrogen-bond donors (Lipinski definition) is 1. The first-order valence-corrected chi connectivity index (χ1v) is 11.4. The van der Waals surface area contributed by atoms with Crippen LogP contribution in [0.2, 0.25) is 0 Å². The normalized spacial score (nSPS) is 15.3. The van der Waals surface area contributed by atoms with Gasteiger partial charge >= 0.3 is 0 Å². The number of benzene rings is 2.